The molecule has 4 unspecified atom stereocenters. The molecule has 0 aliphatic carbocycles. The summed E-state index contributed by atoms with van der Waals surface area (Å²) in [6.45, 7) is 9.58. The molecule has 17 nitrogen and oxygen atoms in total. The van der Waals surface area contributed by atoms with Crippen molar-refractivity contribution in [1.29, 1.82) is 0 Å². The molecule has 0 fully saturated rings. The first kappa shape index (κ1) is 91.1. The highest BCUT2D eigenvalue weighted by Gasteiger charge is 2.30. The molecule has 0 aromatic heterocycles. The zero-order valence-corrected chi connectivity index (χ0v) is 62.3. The molecule has 0 amide bonds. The number of aliphatic hydroxyl groups is 1. The Bertz CT molecular complexity index is 1810. The van der Waals surface area contributed by atoms with Crippen molar-refractivity contribution >= 4 is 39.5 Å². The molecule has 552 valence electrons. The number of carbonyl (C=O) groups is 4. The van der Waals surface area contributed by atoms with E-state index in [-0.39, 0.29) is 25.7 Å². The minimum absolute atomic E-state index is 0.103. The van der Waals surface area contributed by atoms with Gasteiger partial charge in [0.05, 0.1) is 26.4 Å². The maximum absolute atomic E-state index is 13.1. The highest BCUT2D eigenvalue weighted by atomic mass is 31.2. The second kappa shape index (κ2) is 66.0. The van der Waals surface area contributed by atoms with Crippen LogP contribution in [0.3, 0.4) is 0 Å². The molecule has 0 aromatic carbocycles. The van der Waals surface area contributed by atoms with E-state index in [4.69, 9.17) is 37.0 Å². The highest BCUT2D eigenvalue weighted by molar-refractivity contribution is 7.47. The van der Waals surface area contributed by atoms with Crippen molar-refractivity contribution in [3.05, 3.63) is 0 Å². The summed E-state index contributed by atoms with van der Waals surface area (Å²) in [7, 11) is -9.90. The summed E-state index contributed by atoms with van der Waals surface area (Å²) in [5, 5.41) is 10.6. The molecular formula is C74H144O17P2. The fraction of sp³-hybridized carbons (Fsp3) is 0.946. The number of phosphoric acid groups is 2. The predicted molar refractivity (Wildman–Crippen MR) is 377 cm³/mol. The summed E-state index contributed by atoms with van der Waals surface area (Å²) in [6.07, 6.45) is 52.8. The van der Waals surface area contributed by atoms with Gasteiger partial charge in [-0.1, -0.05) is 330 Å². The molecule has 0 bridgehead atoms. The van der Waals surface area contributed by atoms with Gasteiger partial charge in [-0.3, -0.25) is 37.3 Å². The van der Waals surface area contributed by atoms with Gasteiger partial charge in [-0.05, 0) is 37.5 Å². The Kier molecular flexibility index (Phi) is 64.6. The van der Waals surface area contributed by atoms with E-state index in [1.807, 2.05) is 0 Å². The topological polar surface area (TPSA) is 237 Å². The van der Waals surface area contributed by atoms with Crippen LogP contribution < -0.4 is 0 Å². The molecule has 0 saturated heterocycles. The van der Waals surface area contributed by atoms with E-state index in [2.05, 4.69) is 41.5 Å². The lowest BCUT2D eigenvalue weighted by Crippen LogP contribution is -2.30. The average Bonchev–Trinajstić information content (AvgIpc) is 2.42. The molecule has 19 heteroatoms. The van der Waals surface area contributed by atoms with Crippen molar-refractivity contribution in [2.45, 2.75) is 400 Å². The van der Waals surface area contributed by atoms with Crippen LogP contribution in [0, 0.1) is 11.8 Å². The van der Waals surface area contributed by atoms with Crippen LogP contribution in [0.1, 0.15) is 382 Å². The van der Waals surface area contributed by atoms with Gasteiger partial charge in [-0.15, -0.1) is 0 Å². The molecular weight excluding hydrogens is 1220 g/mol. The van der Waals surface area contributed by atoms with Crippen LogP contribution >= 0.6 is 15.6 Å². The van der Waals surface area contributed by atoms with E-state index >= 15 is 0 Å². The first-order chi connectivity index (χ1) is 44.9. The van der Waals surface area contributed by atoms with Gasteiger partial charge in [0.15, 0.2) is 12.2 Å². The zero-order chi connectivity index (χ0) is 68.6. The fourth-order valence-electron chi connectivity index (χ4n) is 11.2. The molecule has 93 heavy (non-hydrogen) atoms. The lowest BCUT2D eigenvalue weighted by atomic mass is 9.99. The SMILES string of the molecule is CCCCCCCCCCCCCCC(=O)OC[C@H](COP(=O)(O)OC[C@@H](O)COP(=O)(O)OC[C@@H](COC(=O)CCCCCCCCCCC)OC(=O)CCCCCCCCC(C)CC)OC(=O)CCCCCCCCCCCCCCCCCCCCC(C)CC. The summed E-state index contributed by atoms with van der Waals surface area (Å²) in [5.41, 5.74) is 0. The van der Waals surface area contributed by atoms with E-state index in [1.54, 1.807) is 0 Å². The Morgan fingerprint density at radius 2 is 0.516 bits per heavy atom. The first-order valence-corrected chi connectivity index (χ1v) is 41.6. The fourth-order valence-corrected chi connectivity index (χ4v) is 12.8. The number of hydrogen-bond donors (Lipinski definition) is 3. The summed E-state index contributed by atoms with van der Waals surface area (Å²) in [6, 6.07) is 0. The number of ether oxygens (including phenoxy) is 4. The Hall–Kier alpha value is -1.94. The molecule has 0 aliphatic rings. The van der Waals surface area contributed by atoms with Gasteiger partial charge < -0.3 is 33.8 Å². The van der Waals surface area contributed by atoms with Crippen molar-refractivity contribution in [3.63, 3.8) is 0 Å². The van der Waals surface area contributed by atoms with Crippen molar-refractivity contribution in [2.75, 3.05) is 39.6 Å². The number of hydrogen-bond acceptors (Lipinski definition) is 15. The van der Waals surface area contributed by atoms with Crippen molar-refractivity contribution in [1.82, 2.24) is 0 Å². The monoisotopic (exact) mass is 1370 g/mol. The van der Waals surface area contributed by atoms with E-state index in [9.17, 15) is 43.2 Å². The number of carbonyl (C=O) groups excluding carboxylic acids is 4. The quantitative estimate of drug-likeness (QED) is 0.0222. The van der Waals surface area contributed by atoms with E-state index in [1.165, 1.54) is 199 Å². The first-order valence-electron chi connectivity index (χ1n) is 38.6. The second-order valence-electron chi connectivity index (χ2n) is 27.2. The number of esters is 4. The third-order valence-corrected chi connectivity index (χ3v) is 19.8. The van der Waals surface area contributed by atoms with Crippen LogP contribution in [0.15, 0.2) is 0 Å². The Balaban J connectivity index is 5.16. The van der Waals surface area contributed by atoms with Crippen LogP contribution in [0.4, 0.5) is 0 Å². The number of unbranched alkanes of at least 4 members (excludes halogenated alkanes) is 41. The van der Waals surface area contributed by atoms with Gasteiger partial charge >= 0.3 is 39.5 Å². The summed E-state index contributed by atoms with van der Waals surface area (Å²) in [4.78, 5) is 72.6. The molecule has 0 radical (unpaired) electrons. The predicted octanol–water partition coefficient (Wildman–Crippen LogP) is 21.6. The van der Waals surface area contributed by atoms with Crippen LogP contribution in [0.25, 0.3) is 0 Å². The van der Waals surface area contributed by atoms with Crippen LogP contribution in [-0.4, -0.2) is 96.7 Å². The number of rotatable bonds is 73. The summed E-state index contributed by atoms with van der Waals surface area (Å²) >= 11 is 0. The molecule has 0 heterocycles. The molecule has 0 aliphatic heterocycles. The summed E-state index contributed by atoms with van der Waals surface area (Å²) < 4.78 is 68.3. The van der Waals surface area contributed by atoms with Crippen molar-refractivity contribution in [2.24, 2.45) is 11.8 Å². The van der Waals surface area contributed by atoms with Crippen LogP contribution in [-0.2, 0) is 65.4 Å². The number of phosphoric ester groups is 2. The van der Waals surface area contributed by atoms with Crippen molar-refractivity contribution in [3.8, 4) is 0 Å². The lowest BCUT2D eigenvalue weighted by molar-refractivity contribution is -0.161. The smallest absolute Gasteiger partial charge is 0.462 e. The zero-order valence-electron chi connectivity index (χ0n) is 60.6. The molecule has 0 spiro atoms. The van der Waals surface area contributed by atoms with Crippen LogP contribution in [0.2, 0.25) is 0 Å². The van der Waals surface area contributed by atoms with E-state index in [0.717, 1.165) is 102 Å². The third-order valence-electron chi connectivity index (χ3n) is 17.9. The van der Waals surface area contributed by atoms with Gasteiger partial charge in [0.1, 0.15) is 19.3 Å². The molecule has 3 N–H and O–H groups in total. The van der Waals surface area contributed by atoms with Gasteiger partial charge in [0.25, 0.3) is 0 Å². The molecule has 0 aromatic rings. The maximum Gasteiger partial charge on any atom is 0.472 e. The molecule has 0 saturated carbocycles. The second-order valence-corrected chi connectivity index (χ2v) is 30.1. The van der Waals surface area contributed by atoms with Gasteiger partial charge in [-0.2, -0.15) is 0 Å². The van der Waals surface area contributed by atoms with Crippen molar-refractivity contribution < 1.29 is 80.2 Å². The minimum Gasteiger partial charge on any atom is -0.462 e. The summed E-state index contributed by atoms with van der Waals surface area (Å²) in [5.74, 6) is -0.531. The highest BCUT2D eigenvalue weighted by Crippen LogP contribution is 2.45. The largest absolute Gasteiger partial charge is 0.472 e. The van der Waals surface area contributed by atoms with Gasteiger partial charge in [0.2, 0.25) is 0 Å². The molecule has 7 atom stereocenters. The van der Waals surface area contributed by atoms with Gasteiger partial charge in [-0.25, -0.2) is 9.13 Å². The van der Waals surface area contributed by atoms with E-state index < -0.39 is 97.5 Å². The Labute approximate surface area is 568 Å². The van der Waals surface area contributed by atoms with Gasteiger partial charge in [0, 0.05) is 25.7 Å². The lowest BCUT2D eigenvalue weighted by Gasteiger charge is -2.21. The van der Waals surface area contributed by atoms with E-state index in [0.29, 0.717) is 25.7 Å². The average molecular weight is 1370 g/mol. The Morgan fingerprint density at radius 1 is 0.301 bits per heavy atom. The third kappa shape index (κ3) is 65.8. The Morgan fingerprint density at radius 3 is 0.763 bits per heavy atom. The standard InChI is InChI=1S/C74H144O17P2/c1-7-11-13-15-17-19-20-30-34-38-45-51-57-72(77)85-62-69(90-73(78)58-52-46-39-35-31-28-26-24-22-21-23-25-27-29-33-36-42-48-54-66(5)9-3)64-88-92(80,81)86-60-68(75)61-87-93(82,83)89-65-70(63-84-71(76)56-50-44-37-32-18-16-14-12-8-2)91-74(79)59-53-47-41-40-43-49-55-67(6)10-4/h66-70,75H,7-65H2,1-6H3,(H,80,81)(H,82,83)/t66?,67?,68-,69-,70-/m1/s1. The number of aliphatic hydroxyl groups excluding tert-OH is 1. The normalized spacial score (nSPS) is 14.6. The maximum atomic E-state index is 13.1. The van der Waals surface area contributed by atoms with Crippen LogP contribution in [0.5, 0.6) is 0 Å². The molecule has 0 rings (SSSR count). The minimum atomic E-state index is -4.95.